The number of benzene rings is 5. The van der Waals surface area contributed by atoms with Gasteiger partial charge < -0.3 is 9.13 Å². The van der Waals surface area contributed by atoms with Gasteiger partial charge in [-0.3, -0.25) is 0 Å². The van der Waals surface area contributed by atoms with Crippen LogP contribution in [0.4, 0.5) is 0 Å². The number of rotatable bonds is 1. The highest BCUT2D eigenvalue weighted by molar-refractivity contribution is 6.71. The summed E-state index contributed by atoms with van der Waals surface area (Å²) in [7, 11) is 0.563. The summed E-state index contributed by atoms with van der Waals surface area (Å²) in [5.74, 6) is 0. The van der Waals surface area contributed by atoms with Gasteiger partial charge in [-0.2, -0.15) is 0 Å². The molecule has 0 nitrogen and oxygen atoms in total. The van der Waals surface area contributed by atoms with Gasteiger partial charge in [-0.15, -0.1) is 5.17 Å². The maximum atomic E-state index is 2.71. The van der Waals surface area contributed by atoms with Gasteiger partial charge in [-0.05, 0) is 79.3 Å². The van der Waals surface area contributed by atoms with Crippen LogP contribution in [-0.2, 0) is 21.7 Å². The molecule has 0 bridgehead atoms. The van der Waals surface area contributed by atoms with Gasteiger partial charge in [0.15, 0.2) is 0 Å². The minimum atomic E-state index is -0.191. The summed E-state index contributed by atoms with van der Waals surface area (Å²) in [5, 5.41) is 3.01. The summed E-state index contributed by atoms with van der Waals surface area (Å²) in [6, 6.07) is 40.0. The molecule has 0 fully saturated rings. The Kier molecular flexibility index (Phi) is 5.36. The Morgan fingerprint density at radius 1 is 0.489 bits per heavy atom. The van der Waals surface area contributed by atoms with E-state index >= 15 is 0 Å². The highest BCUT2D eigenvalue weighted by Crippen LogP contribution is 2.67. The third-order valence-corrected chi connectivity index (χ3v) is 13.6. The standard InChI is InChI=1S/C46H38Si/c1-43(2)27-45(34-22-12-8-18-30(34)31-19-9-13-23-35(31)45)40-38(43)26-39-41(42(40)47-29-16-6-5-7-17-29)46(28-44(39,3)4)36-24-14-10-20-32(36)33-21-11-15-25-37(33)46/h5-26H,27-28H2,1-4H3. The Morgan fingerprint density at radius 3 is 1.23 bits per heavy atom. The summed E-state index contributed by atoms with van der Waals surface area (Å²) in [6.45, 7) is 10.1. The Balaban J connectivity index is 1.43. The van der Waals surface area contributed by atoms with Gasteiger partial charge in [0.05, 0.1) is 0 Å². The first-order valence-corrected chi connectivity index (χ1v) is 18.2. The molecule has 5 aromatic rings. The fraction of sp³-hybridized carbons (Fsp3) is 0.217. The normalized spacial score (nSPS) is 20.0. The van der Waals surface area contributed by atoms with Crippen LogP contribution in [0.25, 0.3) is 22.3 Å². The molecule has 0 aliphatic heterocycles. The van der Waals surface area contributed by atoms with E-state index in [1.807, 2.05) is 0 Å². The highest BCUT2D eigenvalue weighted by Gasteiger charge is 2.59. The number of hydrogen-bond acceptors (Lipinski definition) is 0. The molecule has 5 aromatic carbocycles. The molecule has 0 amide bonds. The Labute approximate surface area is 281 Å². The lowest BCUT2D eigenvalue weighted by atomic mass is 9.69. The van der Waals surface area contributed by atoms with Gasteiger partial charge in [-0.1, -0.05) is 142 Å². The molecule has 0 heterocycles. The molecule has 5 aliphatic rings. The van der Waals surface area contributed by atoms with Crippen molar-refractivity contribution in [3.8, 4) is 22.3 Å². The Hall–Kier alpha value is -4.46. The quantitative estimate of drug-likeness (QED) is 0.130. The van der Waals surface area contributed by atoms with E-state index in [4.69, 9.17) is 0 Å². The zero-order valence-corrected chi connectivity index (χ0v) is 28.6. The van der Waals surface area contributed by atoms with Crippen molar-refractivity contribution in [2.45, 2.75) is 62.2 Å². The van der Waals surface area contributed by atoms with Crippen LogP contribution in [0, 0.1) is 6.42 Å². The highest BCUT2D eigenvalue weighted by atomic mass is 28.2. The van der Waals surface area contributed by atoms with Crippen molar-refractivity contribution in [1.82, 2.24) is 0 Å². The van der Waals surface area contributed by atoms with Gasteiger partial charge in [0.1, 0.15) is 0 Å². The van der Waals surface area contributed by atoms with E-state index < -0.39 is 0 Å². The van der Waals surface area contributed by atoms with Crippen molar-refractivity contribution in [3.63, 3.8) is 0 Å². The average Bonchev–Trinajstić information content (AvgIpc) is 3.71. The van der Waals surface area contributed by atoms with Crippen LogP contribution in [0.2, 0.25) is 0 Å². The lowest BCUT2D eigenvalue weighted by molar-refractivity contribution is 0.441. The second-order valence-corrected chi connectivity index (χ2v) is 17.0. The second kappa shape index (κ2) is 9.11. The molecule has 0 atom stereocenters. The number of fused-ring (bicyclic) bond motifs is 14. The molecule has 0 aromatic heterocycles. The summed E-state index contributed by atoms with van der Waals surface area (Å²) >= 11 is 0. The lowest BCUT2D eigenvalue weighted by Gasteiger charge is -2.39. The molecule has 10 rings (SSSR count). The molecule has 0 radical (unpaired) electrons. The largest absolute Gasteiger partial charge is 0.360 e. The zero-order valence-electron chi connectivity index (χ0n) is 27.6. The first-order chi connectivity index (χ1) is 22.8. The molecule has 1 heteroatoms. The first-order valence-electron chi connectivity index (χ1n) is 17.2. The molecule has 0 saturated carbocycles. The fourth-order valence-corrected chi connectivity index (χ4v) is 12.3. The van der Waals surface area contributed by atoms with Crippen LogP contribution in [0.3, 0.4) is 0 Å². The second-order valence-electron chi connectivity index (χ2n) is 15.7. The van der Waals surface area contributed by atoms with E-state index in [0.29, 0.717) is 9.13 Å². The molecule has 0 N–H and O–H groups in total. The number of hydrogen-bond donors (Lipinski definition) is 0. The van der Waals surface area contributed by atoms with Crippen molar-refractivity contribution in [1.29, 1.82) is 0 Å². The first kappa shape index (κ1) is 27.6. The van der Waals surface area contributed by atoms with E-state index in [2.05, 4.69) is 162 Å². The molecule has 0 unspecified atom stereocenters. The Bertz CT molecular complexity index is 2040. The lowest BCUT2D eigenvalue weighted by Crippen LogP contribution is -2.39. The van der Waals surface area contributed by atoms with Crippen LogP contribution in [0.15, 0.2) is 127 Å². The number of allylic oxidation sites excluding steroid dienone is 4. The maximum absolute atomic E-state index is 2.71. The molecular formula is C46H38Si. The molecule has 226 valence electrons. The summed E-state index contributed by atoms with van der Waals surface area (Å²) in [4.78, 5) is 0. The maximum Gasteiger partial charge on any atom is 0.0449 e. The molecule has 2 spiro atoms. The smallest absolute Gasteiger partial charge is 0.0449 e. The molecular weight excluding hydrogens is 581 g/mol. The zero-order chi connectivity index (χ0) is 31.8. The van der Waals surface area contributed by atoms with E-state index in [1.54, 1.807) is 27.4 Å². The van der Waals surface area contributed by atoms with Crippen molar-refractivity contribution >= 4 is 19.5 Å². The van der Waals surface area contributed by atoms with E-state index in [9.17, 15) is 0 Å². The predicted octanol–water partition coefficient (Wildman–Crippen LogP) is 9.51. The minimum Gasteiger partial charge on any atom is -0.360 e. The van der Waals surface area contributed by atoms with Crippen LogP contribution in [0.1, 0.15) is 85.0 Å². The van der Waals surface area contributed by atoms with Crippen molar-refractivity contribution in [2.24, 2.45) is 0 Å². The monoisotopic (exact) mass is 618 g/mol. The molecule has 5 aliphatic carbocycles. The minimum absolute atomic E-state index is 0.0160. The van der Waals surface area contributed by atoms with Gasteiger partial charge in [-0.25, -0.2) is 5.19 Å². The van der Waals surface area contributed by atoms with Crippen LogP contribution in [-0.4, -0.2) is 14.3 Å². The predicted molar refractivity (Wildman–Crippen MR) is 198 cm³/mol. The third-order valence-electron chi connectivity index (χ3n) is 12.2. The van der Waals surface area contributed by atoms with E-state index in [0.717, 1.165) is 12.8 Å². The average molecular weight is 619 g/mol. The fourth-order valence-electron chi connectivity index (χ4n) is 10.7. The van der Waals surface area contributed by atoms with E-state index in [-0.39, 0.29) is 21.7 Å². The molecule has 0 saturated heterocycles. The van der Waals surface area contributed by atoms with Gasteiger partial charge in [0.25, 0.3) is 0 Å². The van der Waals surface area contributed by atoms with Crippen molar-refractivity contribution in [2.75, 3.05) is 0 Å². The van der Waals surface area contributed by atoms with Gasteiger partial charge in [0.2, 0.25) is 0 Å². The SMILES string of the molecule is CC1(C)CC2(c3ccccc3-c3ccccc32)c2c1cc1c(c2[Si-]=C2C=C[CH+]C=C2)C2(CC1(C)C)c1ccccc1-c1ccccc12. The Morgan fingerprint density at radius 2 is 0.851 bits per heavy atom. The van der Waals surface area contributed by atoms with E-state index in [1.165, 1.54) is 49.7 Å². The van der Waals surface area contributed by atoms with Gasteiger partial charge >= 0.3 is 0 Å². The third kappa shape index (κ3) is 3.33. The van der Waals surface area contributed by atoms with Crippen LogP contribution in [0.5, 0.6) is 0 Å². The van der Waals surface area contributed by atoms with Crippen LogP contribution < -0.4 is 5.19 Å². The van der Waals surface area contributed by atoms with Crippen molar-refractivity contribution < 1.29 is 0 Å². The van der Waals surface area contributed by atoms with Crippen molar-refractivity contribution in [3.05, 3.63) is 178 Å². The topological polar surface area (TPSA) is 0 Å². The van der Waals surface area contributed by atoms with Crippen LogP contribution >= 0.6 is 0 Å². The molecule has 47 heavy (non-hydrogen) atoms. The summed E-state index contributed by atoms with van der Waals surface area (Å²) in [5.41, 5.74) is 17.6. The van der Waals surface area contributed by atoms with Gasteiger partial charge in [0, 0.05) is 41.6 Å². The summed E-state index contributed by atoms with van der Waals surface area (Å²) < 4.78 is 0. The summed E-state index contributed by atoms with van der Waals surface area (Å²) in [6.07, 6.45) is 13.5.